The van der Waals surface area contributed by atoms with Crippen molar-refractivity contribution in [3.05, 3.63) is 50.1 Å². The largest absolute Gasteiger partial charge is 0.357 e. The number of rotatable bonds is 6. The van der Waals surface area contributed by atoms with Crippen LogP contribution in [0.1, 0.15) is 23.2 Å². The molecule has 124 valence electrons. The van der Waals surface area contributed by atoms with Crippen LogP contribution in [0.2, 0.25) is 0 Å². The van der Waals surface area contributed by atoms with Crippen molar-refractivity contribution in [1.82, 2.24) is 15.6 Å². The van der Waals surface area contributed by atoms with E-state index in [-0.39, 0.29) is 5.82 Å². The molecule has 1 aromatic heterocycles. The van der Waals surface area contributed by atoms with Crippen LogP contribution in [-0.4, -0.2) is 24.0 Å². The number of benzene rings is 1. The Bertz CT molecular complexity index is 672. The van der Waals surface area contributed by atoms with Gasteiger partial charge in [-0.15, -0.1) is 11.3 Å². The molecular formula is C16H20BrFN4S. The van der Waals surface area contributed by atoms with E-state index in [1.807, 2.05) is 13.8 Å². The van der Waals surface area contributed by atoms with Gasteiger partial charge in [0.25, 0.3) is 0 Å². The zero-order valence-electron chi connectivity index (χ0n) is 13.2. The Morgan fingerprint density at radius 1 is 1.39 bits per heavy atom. The fourth-order valence-corrected chi connectivity index (χ4v) is 3.02. The lowest BCUT2D eigenvalue weighted by molar-refractivity contribution is 0.625. The molecule has 2 aromatic rings. The Morgan fingerprint density at radius 2 is 2.22 bits per heavy atom. The lowest BCUT2D eigenvalue weighted by Crippen LogP contribution is -2.38. The number of halogens is 2. The fourth-order valence-electron chi connectivity index (χ4n) is 2.00. The second-order valence-electron chi connectivity index (χ2n) is 4.97. The highest BCUT2D eigenvalue weighted by atomic mass is 79.9. The maximum absolute atomic E-state index is 13.3. The molecule has 0 saturated heterocycles. The summed E-state index contributed by atoms with van der Waals surface area (Å²) in [5.74, 6) is 0.464. The van der Waals surface area contributed by atoms with Gasteiger partial charge < -0.3 is 10.6 Å². The topological polar surface area (TPSA) is 49.3 Å². The number of aromatic nitrogens is 1. The molecule has 1 aromatic carbocycles. The fraction of sp³-hybridized carbons (Fsp3) is 0.375. The zero-order chi connectivity index (χ0) is 16.7. The first kappa shape index (κ1) is 17.9. The standard InChI is InChI=1S/C16H20BrFN4S/c1-3-19-16(20-7-6-14-10-23-11(2)22-14)21-9-12-8-13(18)4-5-15(12)17/h4-5,8,10H,3,6-7,9H2,1-2H3,(H2,19,20,21). The van der Waals surface area contributed by atoms with Gasteiger partial charge in [0.2, 0.25) is 0 Å². The molecule has 0 radical (unpaired) electrons. The quantitative estimate of drug-likeness (QED) is 0.576. The second-order valence-corrected chi connectivity index (χ2v) is 6.88. The lowest BCUT2D eigenvalue weighted by atomic mass is 10.2. The van der Waals surface area contributed by atoms with Gasteiger partial charge in [-0.25, -0.2) is 14.4 Å². The van der Waals surface area contributed by atoms with Crippen molar-refractivity contribution in [2.45, 2.75) is 26.8 Å². The summed E-state index contributed by atoms with van der Waals surface area (Å²) in [4.78, 5) is 8.94. The third kappa shape index (κ3) is 5.91. The molecule has 0 aliphatic heterocycles. The summed E-state index contributed by atoms with van der Waals surface area (Å²) in [5, 5.41) is 9.62. The van der Waals surface area contributed by atoms with E-state index in [1.54, 1.807) is 17.4 Å². The van der Waals surface area contributed by atoms with Gasteiger partial charge in [-0.05, 0) is 37.6 Å². The van der Waals surface area contributed by atoms with E-state index in [9.17, 15) is 4.39 Å². The Hall–Kier alpha value is -1.47. The first-order valence-corrected chi connectivity index (χ1v) is 9.13. The van der Waals surface area contributed by atoms with Gasteiger partial charge in [-0.3, -0.25) is 0 Å². The summed E-state index contributed by atoms with van der Waals surface area (Å²) in [7, 11) is 0. The lowest BCUT2D eigenvalue weighted by Gasteiger charge is -2.11. The van der Waals surface area contributed by atoms with Gasteiger partial charge in [-0.2, -0.15) is 0 Å². The van der Waals surface area contributed by atoms with Crippen molar-refractivity contribution in [1.29, 1.82) is 0 Å². The molecule has 0 aliphatic rings. The van der Waals surface area contributed by atoms with Crippen LogP contribution in [0.4, 0.5) is 4.39 Å². The molecule has 0 bridgehead atoms. The number of nitrogens with zero attached hydrogens (tertiary/aromatic N) is 2. The number of guanidine groups is 1. The van der Waals surface area contributed by atoms with Gasteiger partial charge in [0.05, 0.1) is 17.2 Å². The maximum Gasteiger partial charge on any atom is 0.191 e. The molecule has 0 atom stereocenters. The van der Waals surface area contributed by atoms with E-state index >= 15 is 0 Å². The molecule has 4 nitrogen and oxygen atoms in total. The maximum atomic E-state index is 13.3. The highest BCUT2D eigenvalue weighted by Gasteiger charge is 2.03. The molecule has 0 saturated carbocycles. The molecule has 2 rings (SSSR count). The number of aliphatic imine (C=N–C) groups is 1. The summed E-state index contributed by atoms with van der Waals surface area (Å²) in [6.07, 6.45) is 0.846. The van der Waals surface area contributed by atoms with Crippen LogP contribution >= 0.6 is 27.3 Å². The Labute approximate surface area is 148 Å². The summed E-state index contributed by atoms with van der Waals surface area (Å²) in [6.45, 7) is 5.94. The highest BCUT2D eigenvalue weighted by molar-refractivity contribution is 9.10. The minimum absolute atomic E-state index is 0.254. The summed E-state index contributed by atoms with van der Waals surface area (Å²) in [5.41, 5.74) is 1.90. The molecule has 0 spiro atoms. The van der Waals surface area contributed by atoms with Gasteiger partial charge >= 0.3 is 0 Å². The molecular weight excluding hydrogens is 379 g/mol. The van der Waals surface area contributed by atoms with Crippen molar-refractivity contribution in [3.8, 4) is 0 Å². The van der Waals surface area contributed by atoms with E-state index in [0.29, 0.717) is 6.54 Å². The van der Waals surface area contributed by atoms with E-state index in [4.69, 9.17) is 0 Å². The average Bonchev–Trinajstić information content (AvgIpc) is 2.93. The third-order valence-electron chi connectivity index (χ3n) is 3.10. The van der Waals surface area contributed by atoms with Gasteiger partial charge in [0.15, 0.2) is 5.96 Å². The smallest absolute Gasteiger partial charge is 0.191 e. The van der Waals surface area contributed by atoms with Crippen molar-refractivity contribution < 1.29 is 4.39 Å². The van der Waals surface area contributed by atoms with E-state index in [1.165, 1.54) is 12.1 Å². The predicted octanol–water partition coefficient (Wildman–Crippen LogP) is 3.65. The van der Waals surface area contributed by atoms with E-state index < -0.39 is 0 Å². The number of nitrogens with one attached hydrogen (secondary N) is 2. The Kier molecular flexibility index (Phi) is 6.98. The Morgan fingerprint density at radius 3 is 2.91 bits per heavy atom. The predicted molar refractivity (Wildman–Crippen MR) is 97.5 cm³/mol. The van der Waals surface area contributed by atoms with Gasteiger partial charge in [-0.1, -0.05) is 15.9 Å². The first-order chi connectivity index (χ1) is 11.1. The Balaban J connectivity index is 1.92. The number of hydrogen-bond donors (Lipinski definition) is 2. The van der Waals surface area contributed by atoms with Crippen LogP contribution in [-0.2, 0) is 13.0 Å². The molecule has 0 unspecified atom stereocenters. The van der Waals surface area contributed by atoms with Gasteiger partial charge in [0.1, 0.15) is 5.82 Å². The number of thiazole rings is 1. The number of hydrogen-bond acceptors (Lipinski definition) is 3. The summed E-state index contributed by atoms with van der Waals surface area (Å²) >= 11 is 5.08. The molecule has 1 heterocycles. The minimum atomic E-state index is -0.254. The zero-order valence-corrected chi connectivity index (χ0v) is 15.6. The molecule has 23 heavy (non-hydrogen) atoms. The first-order valence-electron chi connectivity index (χ1n) is 7.45. The monoisotopic (exact) mass is 398 g/mol. The van der Waals surface area contributed by atoms with Crippen molar-refractivity contribution in [2.24, 2.45) is 4.99 Å². The summed E-state index contributed by atoms with van der Waals surface area (Å²) in [6, 6.07) is 4.62. The highest BCUT2D eigenvalue weighted by Crippen LogP contribution is 2.18. The van der Waals surface area contributed by atoms with E-state index in [2.05, 4.69) is 41.9 Å². The van der Waals surface area contributed by atoms with Crippen molar-refractivity contribution in [3.63, 3.8) is 0 Å². The SMILES string of the molecule is CCNC(=NCc1cc(F)ccc1Br)NCCc1csc(C)n1. The number of aryl methyl sites for hydroxylation is 1. The second kappa shape index (κ2) is 8.98. The molecule has 0 aliphatic carbocycles. The average molecular weight is 399 g/mol. The van der Waals surface area contributed by atoms with Crippen LogP contribution in [0.15, 0.2) is 33.0 Å². The molecule has 0 fully saturated rings. The van der Waals surface area contributed by atoms with Crippen LogP contribution in [0.3, 0.4) is 0 Å². The van der Waals surface area contributed by atoms with Gasteiger partial charge in [0, 0.05) is 29.4 Å². The van der Waals surface area contributed by atoms with Crippen molar-refractivity contribution in [2.75, 3.05) is 13.1 Å². The minimum Gasteiger partial charge on any atom is -0.357 e. The normalized spacial score (nSPS) is 11.6. The summed E-state index contributed by atoms with van der Waals surface area (Å²) < 4.78 is 14.2. The molecule has 0 amide bonds. The van der Waals surface area contributed by atoms with E-state index in [0.717, 1.165) is 46.2 Å². The molecule has 7 heteroatoms. The van der Waals surface area contributed by atoms with Crippen LogP contribution in [0, 0.1) is 12.7 Å². The third-order valence-corrected chi connectivity index (χ3v) is 4.70. The van der Waals surface area contributed by atoms with Crippen LogP contribution < -0.4 is 10.6 Å². The molecule has 2 N–H and O–H groups in total. The van der Waals surface area contributed by atoms with Crippen LogP contribution in [0.5, 0.6) is 0 Å². The van der Waals surface area contributed by atoms with Crippen LogP contribution in [0.25, 0.3) is 0 Å². The van der Waals surface area contributed by atoms with Crippen molar-refractivity contribution >= 4 is 33.2 Å².